The lowest BCUT2D eigenvalue weighted by Crippen LogP contribution is -2.10. The molecule has 2 rings (SSSR count). The van der Waals surface area contributed by atoms with E-state index in [-0.39, 0.29) is 0 Å². The van der Waals surface area contributed by atoms with Crippen molar-refractivity contribution in [3.63, 3.8) is 0 Å². The maximum atomic E-state index is 8.61. The van der Waals surface area contributed by atoms with Gasteiger partial charge in [0.05, 0.1) is 6.21 Å². The van der Waals surface area contributed by atoms with Crippen LogP contribution in [-0.2, 0) is 0 Å². The number of nitrogens with zero attached hydrogens (tertiary/aromatic N) is 1. The van der Waals surface area contributed by atoms with Gasteiger partial charge in [0, 0.05) is 5.56 Å². The minimum absolute atomic E-state index is 0.420. The lowest BCUT2D eigenvalue weighted by atomic mass is 10.1. The first-order valence-corrected chi connectivity index (χ1v) is 6.79. The zero-order valence-corrected chi connectivity index (χ0v) is 12.2. The molecule has 0 heterocycles. The molecular formula is C17H19NO3. The molecule has 0 saturated heterocycles. The van der Waals surface area contributed by atoms with Crippen LogP contribution >= 0.6 is 0 Å². The molecule has 2 aromatic carbocycles. The molecule has 2 aromatic rings. The Labute approximate surface area is 124 Å². The Kier molecular flexibility index (Phi) is 5.21. The van der Waals surface area contributed by atoms with Gasteiger partial charge in [-0.1, -0.05) is 23.4 Å². The van der Waals surface area contributed by atoms with Gasteiger partial charge in [0.15, 0.2) is 0 Å². The Morgan fingerprint density at radius 3 is 2.38 bits per heavy atom. The average Bonchev–Trinajstić information content (AvgIpc) is 2.44. The highest BCUT2D eigenvalue weighted by Gasteiger charge is 2.01. The van der Waals surface area contributed by atoms with Crippen molar-refractivity contribution in [1.29, 1.82) is 0 Å². The van der Waals surface area contributed by atoms with Gasteiger partial charge in [0.25, 0.3) is 0 Å². The molecule has 21 heavy (non-hydrogen) atoms. The molecule has 0 aliphatic heterocycles. The van der Waals surface area contributed by atoms with E-state index in [1.807, 2.05) is 50.2 Å². The van der Waals surface area contributed by atoms with Gasteiger partial charge in [-0.05, 0) is 49.2 Å². The monoisotopic (exact) mass is 285 g/mol. The second-order valence-corrected chi connectivity index (χ2v) is 4.80. The fraction of sp³-hybridized carbons (Fsp3) is 0.235. The Morgan fingerprint density at radius 2 is 1.67 bits per heavy atom. The maximum absolute atomic E-state index is 8.61. The van der Waals surface area contributed by atoms with Crippen molar-refractivity contribution in [2.75, 3.05) is 13.2 Å². The second-order valence-electron chi connectivity index (χ2n) is 4.80. The van der Waals surface area contributed by atoms with Gasteiger partial charge < -0.3 is 14.7 Å². The predicted molar refractivity (Wildman–Crippen MR) is 82.7 cm³/mol. The van der Waals surface area contributed by atoms with Crippen molar-refractivity contribution in [2.24, 2.45) is 5.16 Å². The first-order chi connectivity index (χ1) is 10.2. The van der Waals surface area contributed by atoms with E-state index in [1.54, 1.807) is 0 Å². The van der Waals surface area contributed by atoms with Crippen molar-refractivity contribution in [2.45, 2.75) is 13.8 Å². The highest BCUT2D eigenvalue weighted by molar-refractivity contribution is 5.82. The smallest absolute Gasteiger partial charge is 0.128 e. The number of oxime groups is 1. The summed E-state index contributed by atoms with van der Waals surface area (Å²) in [5, 5.41) is 11.6. The molecule has 0 aliphatic rings. The van der Waals surface area contributed by atoms with Crippen molar-refractivity contribution in [1.82, 2.24) is 0 Å². The van der Waals surface area contributed by atoms with Crippen molar-refractivity contribution >= 4 is 6.21 Å². The van der Waals surface area contributed by atoms with Crippen LogP contribution in [0.25, 0.3) is 0 Å². The van der Waals surface area contributed by atoms with Crippen LogP contribution in [-0.4, -0.2) is 24.6 Å². The average molecular weight is 285 g/mol. The van der Waals surface area contributed by atoms with Crippen molar-refractivity contribution in [3.8, 4) is 11.5 Å². The van der Waals surface area contributed by atoms with E-state index in [0.717, 1.165) is 11.3 Å². The molecule has 0 spiro atoms. The van der Waals surface area contributed by atoms with Crippen molar-refractivity contribution < 1.29 is 14.7 Å². The topological polar surface area (TPSA) is 51.0 Å². The van der Waals surface area contributed by atoms with Crippen LogP contribution in [0.15, 0.2) is 47.6 Å². The largest absolute Gasteiger partial charge is 0.490 e. The maximum Gasteiger partial charge on any atom is 0.128 e. The molecule has 0 bridgehead atoms. The normalized spacial score (nSPS) is 10.8. The van der Waals surface area contributed by atoms with Crippen LogP contribution in [0.4, 0.5) is 0 Å². The third-order valence-electron chi connectivity index (χ3n) is 2.92. The summed E-state index contributed by atoms with van der Waals surface area (Å²) in [6.45, 7) is 4.96. The summed E-state index contributed by atoms with van der Waals surface area (Å²) < 4.78 is 11.3. The van der Waals surface area contributed by atoms with Crippen molar-refractivity contribution in [3.05, 3.63) is 59.2 Å². The molecule has 0 atom stereocenters. The minimum Gasteiger partial charge on any atom is -0.490 e. The first kappa shape index (κ1) is 14.9. The highest BCUT2D eigenvalue weighted by atomic mass is 16.5. The standard InChI is InChI=1S/C17H19NO3/c1-13-9-14(2)11-16(10-13)20-7-8-21-17-6-4-3-5-15(17)12-18-19/h3-6,9-12,19H,7-8H2,1-2H3/b18-12+. The van der Waals surface area contributed by atoms with E-state index in [4.69, 9.17) is 14.7 Å². The van der Waals surface area contributed by atoms with E-state index in [1.165, 1.54) is 17.3 Å². The Balaban J connectivity index is 1.87. The van der Waals surface area contributed by atoms with Crippen LogP contribution in [0, 0.1) is 13.8 Å². The molecule has 1 N–H and O–H groups in total. The van der Waals surface area contributed by atoms with Gasteiger partial charge in [-0.15, -0.1) is 0 Å². The number of hydrogen-bond donors (Lipinski definition) is 1. The number of benzene rings is 2. The molecule has 0 fully saturated rings. The number of aryl methyl sites for hydroxylation is 2. The third-order valence-corrected chi connectivity index (χ3v) is 2.92. The van der Waals surface area contributed by atoms with Gasteiger partial charge in [-0.2, -0.15) is 0 Å². The predicted octanol–water partition coefficient (Wildman–Crippen LogP) is 3.57. The quantitative estimate of drug-likeness (QED) is 0.382. The third kappa shape index (κ3) is 4.53. The summed E-state index contributed by atoms with van der Waals surface area (Å²) in [6, 6.07) is 13.5. The molecule has 0 amide bonds. The van der Waals surface area contributed by atoms with E-state index in [0.29, 0.717) is 19.0 Å². The summed E-state index contributed by atoms with van der Waals surface area (Å²) in [5.74, 6) is 1.51. The molecule has 0 aliphatic carbocycles. The Hall–Kier alpha value is -2.49. The highest BCUT2D eigenvalue weighted by Crippen LogP contribution is 2.17. The van der Waals surface area contributed by atoms with E-state index in [9.17, 15) is 0 Å². The molecule has 4 heteroatoms. The zero-order chi connectivity index (χ0) is 15.1. The summed E-state index contributed by atoms with van der Waals surface area (Å²) >= 11 is 0. The molecule has 4 nitrogen and oxygen atoms in total. The zero-order valence-electron chi connectivity index (χ0n) is 12.2. The van der Waals surface area contributed by atoms with Crippen LogP contribution in [0.5, 0.6) is 11.5 Å². The lowest BCUT2D eigenvalue weighted by Gasteiger charge is -2.11. The van der Waals surface area contributed by atoms with E-state index in [2.05, 4.69) is 11.2 Å². The SMILES string of the molecule is Cc1cc(C)cc(OCCOc2ccccc2/C=N/O)c1. The molecular weight excluding hydrogens is 266 g/mol. The van der Waals surface area contributed by atoms with Gasteiger partial charge in [0.1, 0.15) is 24.7 Å². The fourth-order valence-electron chi connectivity index (χ4n) is 2.11. The lowest BCUT2D eigenvalue weighted by molar-refractivity contribution is 0.216. The molecule has 0 aromatic heterocycles. The van der Waals surface area contributed by atoms with Gasteiger partial charge >= 0.3 is 0 Å². The number of para-hydroxylation sites is 1. The number of hydrogen-bond acceptors (Lipinski definition) is 4. The molecule has 110 valence electrons. The summed E-state index contributed by atoms with van der Waals surface area (Å²) in [7, 11) is 0. The van der Waals surface area contributed by atoms with Crippen LogP contribution in [0.2, 0.25) is 0 Å². The minimum atomic E-state index is 0.420. The van der Waals surface area contributed by atoms with Gasteiger partial charge in [-0.3, -0.25) is 0 Å². The Morgan fingerprint density at radius 1 is 1.00 bits per heavy atom. The summed E-state index contributed by atoms with van der Waals surface area (Å²) in [5.41, 5.74) is 3.08. The van der Waals surface area contributed by atoms with Crippen LogP contribution < -0.4 is 9.47 Å². The van der Waals surface area contributed by atoms with Crippen LogP contribution in [0.3, 0.4) is 0 Å². The van der Waals surface area contributed by atoms with E-state index >= 15 is 0 Å². The van der Waals surface area contributed by atoms with Crippen LogP contribution in [0.1, 0.15) is 16.7 Å². The summed E-state index contributed by atoms with van der Waals surface area (Å²) in [4.78, 5) is 0. The summed E-state index contributed by atoms with van der Waals surface area (Å²) in [6.07, 6.45) is 1.35. The first-order valence-electron chi connectivity index (χ1n) is 6.79. The number of rotatable bonds is 6. The molecule has 0 unspecified atom stereocenters. The van der Waals surface area contributed by atoms with Gasteiger partial charge in [0.2, 0.25) is 0 Å². The van der Waals surface area contributed by atoms with Gasteiger partial charge in [-0.25, -0.2) is 0 Å². The Bertz CT molecular complexity index is 603. The second kappa shape index (κ2) is 7.33. The number of ether oxygens (including phenoxy) is 2. The molecule has 0 radical (unpaired) electrons. The molecule has 0 saturated carbocycles. The van der Waals surface area contributed by atoms with E-state index < -0.39 is 0 Å². The fourth-order valence-corrected chi connectivity index (χ4v) is 2.11.